The summed E-state index contributed by atoms with van der Waals surface area (Å²) in [4.78, 5) is 21.0. The molecule has 2 heterocycles. The van der Waals surface area contributed by atoms with Crippen molar-refractivity contribution in [3.8, 4) is 0 Å². The maximum atomic E-state index is 12.3. The van der Waals surface area contributed by atoms with Gasteiger partial charge in [0.25, 0.3) is 0 Å². The number of hydrogen-bond donors (Lipinski definition) is 0. The number of nitrogens with zero attached hydrogens (tertiary/aromatic N) is 4. The topological polar surface area (TPSA) is 49.3 Å². The normalized spacial score (nSPS) is 24.8. The lowest BCUT2D eigenvalue weighted by atomic mass is 10.3. The van der Waals surface area contributed by atoms with Gasteiger partial charge >= 0.3 is 0 Å². The number of halogens is 2. The second-order valence-electron chi connectivity index (χ2n) is 5.53. The Kier molecular flexibility index (Phi) is 4.30. The molecule has 0 unspecified atom stereocenters. The molecule has 0 N–H and O–H groups in total. The first-order chi connectivity index (χ1) is 10.0. The second-order valence-corrected chi connectivity index (χ2v) is 7.80. The van der Waals surface area contributed by atoms with E-state index in [0.29, 0.717) is 13.0 Å². The number of rotatable bonds is 3. The van der Waals surface area contributed by atoms with Gasteiger partial charge in [-0.3, -0.25) is 4.79 Å². The molecule has 1 aromatic heterocycles. The second kappa shape index (κ2) is 5.89. The van der Waals surface area contributed by atoms with Gasteiger partial charge in [0, 0.05) is 44.1 Å². The average Bonchev–Trinajstić information content (AvgIpc) is 2.96. The van der Waals surface area contributed by atoms with E-state index in [1.54, 1.807) is 0 Å². The van der Waals surface area contributed by atoms with Gasteiger partial charge in [0.1, 0.15) is 10.2 Å². The number of amides is 1. The monoisotopic (exact) mass is 348 g/mol. The predicted molar refractivity (Wildman–Crippen MR) is 85.2 cm³/mol. The van der Waals surface area contributed by atoms with Crippen LogP contribution in [0.4, 0.5) is 5.13 Å². The van der Waals surface area contributed by atoms with E-state index >= 15 is 0 Å². The summed E-state index contributed by atoms with van der Waals surface area (Å²) < 4.78 is 3.49. The van der Waals surface area contributed by atoms with E-state index in [4.69, 9.17) is 23.2 Å². The van der Waals surface area contributed by atoms with Crippen LogP contribution >= 0.6 is 34.7 Å². The number of anilines is 1. The third kappa shape index (κ3) is 3.27. The summed E-state index contributed by atoms with van der Waals surface area (Å²) in [6.45, 7) is 5.19. The Morgan fingerprint density at radius 3 is 2.76 bits per heavy atom. The van der Waals surface area contributed by atoms with Crippen molar-refractivity contribution in [3.63, 3.8) is 0 Å². The number of aryl methyl sites for hydroxylation is 1. The molecule has 0 radical (unpaired) electrons. The minimum atomic E-state index is -0.835. The molecule has 0 bridgehead atoms. The maximum Gasteiger partial charge on any atom is 0.228 e. The van der Waals surface area contributed by atoms with Crippen LogP contribution in [0.15, 0.2) is 0 Å². The van der Waals surface area contributed by atoms with Crippen LogP contribution in [0.5, 0.6) is 0 Å². The Balaban J connectivity index is 1.60. The lowest BCUT2D eigenvalue weighted by molar-refractivity contribution is -0.132. The minimum absolute atomic E-state index is 0.0911. The predicted octanol–water partition coefficient (Wildman–Crippen LogP) is 2.33. The molecule has 116 valence electrons. The van der Waals surface area contributed by atoms with Crippen molar-refractivity contribution >= 4 is 45.8 Å². The minimum Gasteiger partial charge on any atom is -0.345 e. The highest BCUT2D eigenvalue weighted by molar-refractivity contribution is 7.09. The van der Waals surface area contributed by atoms with Gasteiger partial charge in [-0.05, 0) is 12.8 Å². The van der Waals surface area contributed by atoms with Crippen LogP contribution in [0.2, 0.25) is 0 Å². The zero-order valence-electron chi connectivity index (χ0n) is 11.9. The molecular weight excluding hydrogens is 331 g/mol. The number of alkyl halides is 2. The SMILES string of the molecule is CCc1nsc(N2CCCN(C(=O)[C@@H]3CC3(Cl)Cl)CC2)n1. The first-order valence-electron chi connectivity index (χ1n) is 7.25. The van der Waals surface area contributed by atoms with E-state index in [0.717, 1.165) is 43.4 Å². The van der Waals surface area contributed by atoms with Crippen molar-refractivity contribution in [2.45, 2.75) is 30.5 Å². The van der Waals surface area contributed by atoms with Crippen molar-refractivity contribution in [2.75, 3.05) is 31.1 Å². The molecule has 8 heteroatoms. The zero-order valence-corrected chi connectivity index (χ0v) is 14.2. The lowest BCUT2D eigenvalue weighted by Gasteiger charge is -2.21. The molecule has 1 aliphatic carbocycles. The molecule has 2 fully saturated rings. The molecule has 1 saturated heterocycles. The Morgan fingerprint density at radius 1 is 1.38 bits per heavy atom. The number of carbonyl (C=O) groups excluding carboxylic acids is 1. The third-order valence-corrected chi connectivity index (χ3v) is 5.63. The molecule has 1 aromatic rings. The highest BCUT2D eigenvalue weighted by Crippen LogP contribution is 2.53. The van der Waals surface area contributed by atoms with E-state index in [1.807, 2.05) is 4.90 Å². The summed E-state index contributed by atoms with van der Waals surface area (Å²) in [5, 5.41) is 0.955. The van der Waals surface area contributed by atoms with Crippen LogP contribution in [0.25, 0.3) is 0 Å². The number of hydrogen-bond acceptors (Lipinski definition) is 5. The van der Waals surface area contributed by atoms with Crippen LogP contribution in [0, 0.1) is 5.92 Å². The maximum absolute atomic E-state index is 12.3. The van der Waals surface area contributed by atoms with Gasteiger partial charge in [-0.1, -0.05) is 6.92 Å². The molecule has 0 aromatic carbocycles. The van der Waals surface area contributed by atoms with Crippen molar-refractivity contribution in [1.29, 1.82) is 0 Å². The molecule has 21 heavy (non-hydrogen) atoms. The van der Waals surface area contributed by atoms with Crippen LogP contribution in [0.3, 0.4) is 0 Å². The molecule has 5 nitrogen and oxygen atoms in total. The molecule has 1 aliphatic heterocycles. The average molecular weight is 349 g/mol. The van der Waals surface area contributed by atoms with Crippen molar-refractivity contribution in [2.24, 2.45) is 5.92 Å². The standard InChI is InChI=1S/C13H18Cl2N4OS/c1-2-10-16-12(21-17-10)19-5-3-4-18(6-7-19)11(20)9-8-13(9,14)15/h9H,2-8H2,1H3/t9-/m0/s1. The smallest absolute Gasteiger partial charge is 0.228 e. The summed E-state index contributed by atoms with van der Waals surface area (Å²) in [5.41, 5.74) is 0. The summed E-state index contributed by atoms with van der Waals surface area (Å²) in [6.07, 6.45) is 2.35. The fraction of sp³-hybridized carbons (Fsp3) is 0.769. The molecule has 1 atom stereocenters. The van der Waals surface area contributed by atoms with Gasteiger partial charge in [-0.15, -0.1) is 23.2 Å². The summed E-state index contributed by atoms with van der Waals surface area (Å²) >= 11 is 13.4. The first-order valence-corrected chi connectivity index (χ1v) is 8.78. The Bertz CT molecular complexity index is 536. The Morgan fingerprint density at radius 2 is 2.14 bits per heavy atom. The largest absolute Gasteiger partial charge is 0.345 e. The highest BCUT2D eigenvalue weighted by Gasteiger charge is 2.57. The summed E-state index contributed by atoms with van der Waals surface area (Å²) in [6, 6.07) is 0. The molecule has 0 spiro atoms. The van der Waals surface area contributed by atoms with Crippen LogP contribution < -0.4 is 4.90 Å². The van der Waals surface area contributed by atoms with Gasteiger partial charge in [-0.25, -0.2) is 4.98 Å². The Labute approximate surface area is 138 Å². The number of carbonyl (C=O) groups is 1. The van der Waals surface area contributed by atoms with Crippen molar-refractivity contribution < 1.29 is 4.79 Å². The van der Waals surface area contributed by atoms with Crippen molar-refractivity contribution in [3.05, 3.63) is 5.82 Å². The van der Waals surface area contributed by atoms with Gasteiger partial charge in [-0.2, -0.15) is 4.37 Å². The molecule has 1 saturated carbocycles. The summed E-state index contributed by atoms with van der Waals surface area (Å²) in [7, 11) is 0. The van der Waals surface area contributed by atoms with Gasteiger partial charge < -0.3 is 9.80 Å². The van der Waals surface area contributed by atoms with E-state index in [9.17, 15) is 4.79 Å². The van der Waals surface area contributed by atoms with Crippen molar-refractivity contribution in [1.82, 2.24) is 14.3 Å². The Hall–Kier alpha value is -0.590. The van der Waals surface area contributed by atoms with Gasteiger partial charge in [0.15, 0.2) is 0 Å². The van der Waals surface area contributed by atoms with E-state index in [-0.39, 0.29) is 11.8 Å². The fourth-order valence-corrected chi connectivity index (χ4v) is 3.84. The van der Waals surface area contributed by atoms with Crippen LogP contribution in [-0.4, -0.2) is 50.7 Å². The first kappa shape index (κ1) is 15.3. The lowest BCUT2D eigenvalue weighted by Crippen LogP contribution is -2.37. The van der Waals surface area contributed by atoms with Crippen LogP contribution in [-0.2, 0) is 11.2 Å². The molecule has 2 aliphatic rings. The van der Waals surface area contributed by atoms with Gasteiger partial charge in [0.05, 0.1) is 5.92 Å². The van der Waals surface area contributed by atoms with E-state index < -0.39 is 4.33 Å². The quantitative estimate of drug-likeness (QED) is 0.786. The fourth-order valence-electron chi connectivity index (χ4n) is 2.55. The zero-order chi connectivity index (χ0) is 15.0. The number of aromatic nitrogens is 2. The third-order valence-electron chi connectivity index (χ3n) is 3.98. The molecular formula is C13H18Cl2N4OS. The van der Waals surface area contributed by atoms with E-state index in [1.165, 1.54) is 11.5 Å². The summed E-state index contributed by atoms with van der Waals surface area (Å²) in [5.74, 6) is 0.758. The van der Waals surface area contributed by atoms with Crippen LogP contribution in [0.1, 0.15) is 25.6 Å². The van der Waals surface area contributed by atoms with E-state index in [2.05, 4.69) is 21.2 Å². The van der Waals surface area contributed by atoms with Gasteiger partial charge in [0.2, 0.25) is 11.0 Å². The molecule has 3 rings (SSSR count). The molecule has 1 amide bonds. The highest BCUT2D eigenvalue weighted by atomic mass is 35.5.